The Kier molecular flexibility index (Phi) is 2.67. The molecular weight excluding hydrogens is 212 g/mol. The minimum Gasteiger partial charge on any atom is -0.393 e. The molecule has 80 valence electrons. The van der Waals surface area contributed by atoms with E-state index in [4.69, 9.17) is 11.6 Å². The fraction of sp³-hybridized carbons (Fsp3) is 0.364. The van der Waals surface area contributed by atoms with Crippen molar-refractivity contribution in [3.63, 3.8) is 0 Å². The van der Waals surface area contributed by atoms with Crippen molar-refractivity contribution in [3.05, 3.63) is 28.9 Å². The van der Waals surface area contributed by atoms with Crippen molar-refractivity contribution in [1.82, 2.24) is 9.78 Å². The van der Waals surface area contributed by atoms with E-state index in [1.807, 2.05) is 25.2 Å². The second-order valence-corrected chi connectivity index (χ2v) is 4.18. The molecule has 0 aliphatic heterocycles. The van der Waals surface area contributed by atoms with Gasteiger partial charge in [-0.1, -0.05) is 17.7 Å². The Morgan fingerprint density at radius 3 is 2.93 bits per heavy atom. The molecule has 2 aromatic rings. The summed E-state index contributed by atoms with van der Waals surface area (Å²) in [4.78, 5) is 0. The number of aromatic nitrogens is 2. The molecule has 0 spiro atoms. The maximum Gasteiger partial charge on any atom is 0.158 e. The third-order valence-corrected chi connectivity index (χ3v) is 2.68. The van der Waals surface area contributed by atoms with Crippen LogP contribution in [0, 0.1) is 0 Å². The van der Waals surface area contributed by atoms with E-state index >= 15 is 0 Å². The van der Waals surface area contributed by atoms with Crippen LogP contribution in [-0.4, -0.2) is 21.0 Å². The minimum atomic E-state index is -0.328. The van der Waals surface area contributed by atoms with Crippen LogP contribution in [0.2, 0.25) is 5.15 Å². The molecule has 0 radical (unpaired) electrons. The second kappa shape index (κ2) is 3.83. The van der Waals surface area contributed by atoms with Crippen molar-refractivity contribution in [1.29, 1.82) is 0 Å². The molecular formula is C11H13ClN2O. The number of hydrogen-bond donors (Lipinski definition) is 1. The predicted octanol–water partition coefficient (Wildman–Crippen LogP) is 2.15. The molecule has 15 heavy (non-hydrogen) atoms. The average Bonchev–Trinajstić information content (AvgIpc) is 2.41. The zero-order chi connectivity index (χ0) is 11.0. The number of aliphatic hydroxyl groups excluding tert-OH is 1. The summed E-state index contributed by atoms with van der Waals surface area (Å²) in [5, 5.41) is 14.9. The molecule has 0 saturated heterocycles. The van der Waals surface area contributed by atoms with Crippen LogP contribution in [0.4, 0.5) is 0 Å². The number of rotatable bonds is 2. The number of benzene rings is 1. The smallest absolute Gasteiger partial charge is 0.158 e. The summed E-state index contributed by atoms with van der Waals surface area (Å²) < 4.78 is 1.75. The quantitative estimate of drug-likeness (QED) is 0.849. The molecule has 1 unspecified atom stereocenters. The number of halogens is 1. The van der Waals surface area contributed by atoms with Gasteiger partial charge in [-0.3, -0.25) is 4.68 Å². The molecule has 0 amide bonds. The van der Waals surface area contributed by atoms with Gasteiger partial charge in [0.15, 0.2) is 5.15 Å². The Balaban J connectivity index is 2.50. The number of aryl methyl sites for hydroxylation is 1. The van der Waals surface area contributed by atoms with Gasteiger partial charge in [-0.15, -0.1) is 0 Å². The predicted molar refractivity (Wildman–Crippen MR) is 61.1 cm³/mol. The molecule has 1 atom stereocenters. The lowest BCUT2D eigenvalue weighted by Crippen LogP contribution is -2.04. The minimum absolute atomic E-state index is 0.328. The lowest BCUT2D eigenvalue weighted by atomic mass is 10.1. The van der Waals surface area contributed by atoms with Gasteiger partial charge in [0.05, 0.1) is 11.6 Å². The Bertz CT molecular complexity index is 491. The second-order valence-electron chi connectivity index (χ2n) is 3.82. The first-order valence-electron chi connectivity index (χ1n) is 4.87. The summed E-state index contributed by atoms with van der Waals surface area (Å²) in [5.74, 6) is 0. The highest BCUT2D eigenvalue weighted by molar-refractivity contribution is 6.34. The van der Waals surface area contributed by atoms with Gasteiger partial charge in [0, 0.05) is 12.4 Å². The van der Waals surface area contributed by atoms with Crippen molar-refractivity contribution in [3.8, 4) is 0 Å². The molecule has 1 aromatic heterocycles. The summed E-state index contributed by atoms with van der Waals surface area (Å²) in [6, 6.07) is 5.94. The van der Waals surface area contributed by atoms with Gasteiger partial charge in [0.1, 0.15) is 0 Å². The number of aliphatic hydroxyl groups is 1. The van der Waals surface area contributed by atoms with Crippen LogP contribution in [0.25, 0.3) is 10.9 Å². The molecule has 1 N–H and O–H groups in total. The molecule has 0 fully saturated rings. The van der Waals surface area contributed by atoms with Gasteiger partial charge in [0.25, 0.3) is 0 Å². The van der Waals surface area contributed by atoms with Crippen molar-refractivity contribution in [2.45, 2.75) is 19.4 Å². The summed E-state index contributed by atoms with van der Waals surface area (Å²) in [6.07, 6.45) is 0.324. The van der Waals surface area contributed by atoms with Crippen LogP contribution in [0.5, 0.6) is 0 Å². The summed E-state index contributed by atoms with van der Waals surface area (Å²) >= 11 is 5.95. The van der Waals surface area contributed by atoms with Crippen LogP contribution in [0.1, 0.15) is 12.5 Å². The highest BCUT2D eigenvalue weighted by Gasteiger charge is 2.07. The summed E-state index contributed by atoms with van der Waals surface area (Å²) in [6.45, 7) is 1.78. The van der Waals surface area contributed by atoms with Crippen molar-refractivity contribution in [2.24, 2.45) is 7.05 Å². The van der Waals surface area contributed by atoms with Crippen molar-refractivity contribution < 1.29 is 5.11 Å². The van der Waals surface area contributed by atoms with Crippen LogP contribution >= 0.6 is 11.6 Å². The normalized spacial score (nSPS) is 13.3. The Hall–Kier alpha value is -1.06. The zero-order valence-electron chi connectivity index (χ0n) is 8.74. The van der Waals surface area contributed by atoms with Crippen LogP contribution < -0.4 is 0 Å². The Labute approximate surface area is 93.3 Å². The highest BCUT2D eigenvalue weighted by Crippen LogP contribution is 2.23. The molecule has 0 aliphatic carbocycles. The first kappa shape index (κ1) is 10.5. The van der Waals surface area contributed by atoms with E-state index in [1.54, 1.807) is 11.6 Å². The highest BCUT2D eigenvalue weighted by atomic mass is 35.5. The molecule has 4 heteroatoms. The standard InChI is InChI=1S/C11H13ClN2O/c1-7(15)5-8-3-4-9-10(6-8)14(2)13-11(9)12/h3-4,6-7,15H,5H2,1-2H3. The van der Waals surface area contributed by atoms with E-state index < -0.39 is 0 Å². The molecule has 3 nitrogen and oxygen atoms in total. The number of nitrogens with zero attached hydrogens (tertiary/aromatic N) is 2. The van der Waals surface area contributed by atoms with Gasteiger partial charge in [-0.05, 0) is 31.0 Å². The van der Waals surface area contributed by atoms with E-state index in [2.05, 4.69) is 5.10 Å². The third-order valence-electron chi connectivity index (χ3n) is 2.40. The zero-order valence-corrected chi connectivity index (χ0v) is 9.49. The van der Waals surface area contributed by atoms with E-state index in [0.717, 1.165) is 16.5 Å². The van der Waals surface area contributed by atoms with Crippen LogP contribution in [0.3, 0.4) is 0 Å². The monoisotopic (exact) mass is 224 g/mol. The van der Waals surface area contributed by atoms with Gasteiger partial charge in [-0.2, -0.15) is 5.10 Å². The van der Waals surface area contributed by atoms with Crippen LogP contribution in [0.15, 0.2) is 18.2 Å². The Morgan fingerprint density at radius 1 is 1.53 bits per heavy atom. The first-order valence-corrected chi connectivity index (χ1v) is 5.25. The molecule has 1 aromatic carbocycles. The topological polar surface area (TPSA) is 38.1 Å². The fourth-order valence-electron chi connectivity index (χ4n) is 1.73. The molecule has 0 aliphatic rings. The van der Waals surface area contributed by atoms with E-state index in [0.29, 0.717) is 11.6 Å². The lowest BCUT2D eigenvalue weighted by Gasteiger charge is -2.04. The third kappa shape index (κ3) is 1.98. The molecule has 1 heterocycles. The molecule has 2 rings (SSSR count). The largest absolute Gasteiger partial charge is 0.393 e. The van der Waals surface area contributed by atoms with Gasteiger partial charge < -0.3 is 5.11 Å². The van der Waals surface area contributed by atoms with Crippen molar-refractivity contribution in [2.75, 3.05) is 0 Å². The van der Waals surface area contributed by atoms with Gasteiger partial charge in [-0.25, -0.2) is 0 Å². The van der Waals surface area contributed by atoms with E-state index in [1.165, 1.54) is 0 Å². The Morgan fingerprint density at radius 2 is 2.27 bits per heavy atom. The van der Waals surface area contributed by atoms with Gasteiger partial charge >= 0.3 is 0 Å². The lowest BCUT2D eigenvalue weighted by molar-refractivity contribution is 0.195. The van der Waals surface area contributed by atoms with Crippen molar-refractivity contribution >= 4 is 22.5 Å². The van der Waals surface area contributed by atoms with E-state index in [9.17, 15) is 5.11 Å². The average molecular weight is 225 g/mol. The molecule has 0 saturated carbocycles. The maximum atomic E-state index is 9.30. The summed E-state index contributed by atoms with van der Waals surface area (Å²) in [5.41, 5.74) is 2.09. The number of fused-ring (bicyclic) bond motifs is 1. The van der Waals surface area contributed by atoms with Crippen LogP contribution in [-0.2, 0) is 13.5 Å². The van der Waals surface area contributed by atoms with Gasteiger partial charge in [0.2, 0.25) is 0 Å². The maximum absolute atomic E-state index is 9.30. The first-order chi connectivity index (χ1) is 7.08. The SMILES string of the molecule is CC(O)Cc1ccc2c(Cl)nn(C)c2c1. The fourth-order valence-corrected chi connectivity index (χ4v) is 2.00. The summed E-state index contributed by atoms with van der Waals surface area (Å²) in [7, 11) is 1.86. The number of hydrogen-bond acceptors (Lipinski definition) is 2. The molecule has 0 bridgehead atoms. The van der Waals surface area contributed by atoms with E-state index in [-0.39, 0.29) is 6.10 Å².